The number of aliphatic carboxylic acids is 2. The van der Waals surface area contributed by atoms with Crippen LogP contribution in [0.1, 0.15) is 31.4 Å². The van der Waals surface area contributed by atoms with Crippen molar-refractivity contribution in [1.29, 1.82) is 0 Å². The molecular formula is C21H35N9O7S. The predicted octanol–water partition coefficient (Wildman–Crippen LogP) is -2.90. The SMILES string of the molecule is CSCCC(NC(=O)C(CC(=O)O)NC(=O)C(Cc1cnc[nH]1)NC(=O)C(N)CCCN=C(N)N)C(=O)O. The van der Waals surface area contributed by atoms with Gasteiger partial charge in [0, 0.05) is 24.9 Å². The minimum absolute atomic E-state index is 0.0782. The summed E-state index contributed by atoms with van der Waals surface area (Å²) in [6, 6.07) is -5.15. The molecule has 12 N–H and O–H groups in total. The van der Waals surface area contributed by atoms with E-state index in [0.717, 1.165) is 0 Å². The first-order valence-electron chi connectivity index (χ1n) is 11.6. The molecule has 0 aromatic carbocycles. The molecule has 0 aliphatic rings. The number of carbonyl (C=O) groups is 5. The first kappa shape index (κ1) is 32.2. The van der Waals surface area contributed by atoms with Crippen LogP contribution in [-0.2, 0) is 30.4 Å². The highest BCUT2D eigenvalue weighted by molar-refractivity contribution is 7.98. The van der Waals surface area contributed by atoms with Gasteiger partial charge in [0.05, 0.1) is 18.8 Å². The number of carboxylic acids is 2. The van der Waals surface area contributed by atoms with Crippen molar-refractivity contribution in [3.8, 4) is 0 Å². The summed E-state index contributed by atoms with van der Waals surface area (Å²) >= 11 is 1.37. The largest absolute Gasteiger partial charge is 0.481 e. The summed E-state index contributed by atoms with van der Waals surface area (Å²) in [5, 5.41) is 25.7. The van der Waals surface area contributed by atoms with Crippen molar-refractivity contribution in [1.82, 2.24) is 25.9 Å². The van der Waals surface area contributed by atoms with Crippen LogP contribution in [0.2, 0.25) is 0 Å². The van der Waals surface area contributed by atoms with E-state index < -0.39 is 60.2 Å². The number of carboxylic acid groups (broad SMARTS) is 2. The van der Waals surface area contributed by atoms with Crippen LogP contribution in [0.5, 0.6) is 0 Å². The number of rotatable bonds is 18. The van der Waals surface area contributed by atoms with E-state index in [2.05, 4.69) is 30.9 Å². The lowest BCUT2D eigenvalue weighted by Gasteiger charge is -2.24. The van der Waals surface area contributed by atoms with Crippen LogP contribution in [0.3, 0.4) is 0 Å². The average Bonchev–Trinajstić information content (AvgIpc) is 3.35. The number of thioether (sulfide) groups is 1. The van der Waals surface area contributed by atoms with Crippen molar-refractivity contribution in [2.75, 3.05) is 18.6 Å². The zero-order valence-corrected chi connectivity index (χ0v) is 21.7. The number of guanidine groups is 1. The van der Waals surface area contributed by atoms with E-state index in [1.54, 1.807) is 6.26 Å². The molecule has 0 aliphatic carbocycles. The second-order valence-corrected chi connectivity index (χ2v) is 9.22. The molecular weight excluding hydrogens is 522 g/mol. The predicted molar refractivity (Wildman–Crippen MR) is 139 cm³/mol. The maximum atomic E-state index is 13.1. The molecule has 0 fully saturated rings. The Bertz CT molecular complexity index is 970. The third-order valence-corrected chi connectivity index (χ3v) is 5.80. The van der Waals surface area contributed by atoms with Gasteiger partial charge in [0.15, 0.2) is 5.96 Å². The van der Waals surface area contributed by atoms with Crippen LogP contribution in [0, 0.1) is 0 Å². The molecule has 4 unspecified atom stereocenters. The van der Waals surface area contributed by atoms with E-state index in [1.165, 1.54) is 24.3 Å². The molecule has 1 aromatic rings. The summed E-state index contributed by atoms with van der Waals surface area (Å²) in [5.41, 5.74) is 16.9. The number of nitrogens with zero attached hydrogens (tertiary/aromatic N) is 2. The van der Waals surface area contributed by atoms with Crippen LogP contribution in [0.4, 0.5) is 0 Å². The molecule has 1 aromatic heterocycles. The normalized spacial score (nSPS) is 13.8. The molecule has 0 aliphatic heterocycles. The Kier molecular flexibility index (Phi) is 14.2. The maximum absolute atomic E-state index is 13.1. The fraction of sp³-hybridized carbons (Fsp3) is 0.571. The standard InChI is InChI=1S/C21H35N9O7S/c1-38-6-4-13(20(36)37)28-19(35)15(8-16(31)32)30-18(34)14(7-11-9-25-10-27-11)29-17(33)12(22)3-2-5-26-21(23)24/h9-10,12-15H,2-8,22H2,1H3,(H,25,27)(H,28,35)(H,29,33)(H,30,34)(H,31,32)(H,36,37)(H4,23,24,26). The van der Waals surface area contributed by atoms with Gasteiger partial charge in [-0.1, -0.05) is 0 Å². The Morgan fingerprint density at radius 3 is 2.21 bits per heavy atom. The number of H-pyrrole nitrogens is 1. The fourth-order valence-corrected chi connectivity index (χ4v) is 3.65. The zero-order valence-electron chi connectivity index (χ0n) is 20.9. The number of nitrogens with one attached hydrogen (secondary N) is 4. The van der Waals surface area contributed by atoms with E-state index in [9.17, 15) is 34.2 Å². The number of carbonyl (C=O) groups excluding carboxylic acids is 3. The number of nitrogens with two attached hydrogens (primary N) is 3. The monoisotopic (exact) mass is 557 g/mol. The minimum atomic E-state index is -1.61. The molecule has 0 bridgehead atoms. The van der Waals surface area contributed by atoms with E-state index in [0.29, 0.717) is 17.9 Å². The quantitative estimate of drug-likeness (QED) is 0.0499. The van der Waals surface area contributed by atoms with Crippen molar-refractivity contribution >= 4 is 47.4 Å². The molecule has 1 rings (SSSR count). The van der Waals surface area contributed by atoms with Gasteiger partial charge in [-0.25, -0.2) is 9.78 Å². The number of aromatic nitrogens is 2. The highest BCUT2D eigenvalue weighted by Gasteiger charge is 2.31. The van der Waals surface area contributed by atoms with Crippen LogP contribution in [0.15, 0.2) is 17.5 Å². The summed E-state index contributed by atoms with van der Waals surface area (Å²) in [6.07, 6.45) is 4.35. The van der Waals surface area contributed by atoms with Crippen LogP contribution >= 0.6 is 11.8 Å². The summed E-state index contributed by atoms with van der Waals surface area (Å²) in [4.78, 5) is 71.8. The molecule has 1 heterocycles. The van der Waals surface area contributed by atoms with Gasteiger partial charge in [0.1, 0.15) is 18.1 Å². The summed E-state index contributed by atoms with van der Waals surface area (Å²) in [5.74, 6) is -4.91. The first-order valence-corrected chi connectivity index (χ1v) is 13.0. The van der Waals surface area contributed by atoms with Gasteiger partial charge in [-0.3, -0.25) is 24.2 Å². The molecule has 38 heavy (non-hydrogen) atoms. The topological polar surface area (TPSA) is 281 Å². The zero-order chi connectivity index (χ0) is 28.7. The maximum Gasteiger partial charge on any atom is 0.326 e. The van der Waals surface area contributed by atoms with Gasteiger partial charge in [0.25, 0.3) is 0 Å². The Labute approximate surface area is 223 Å². The molecule has 0 saturated heterocycles. The van der Waals surface area contributed by atoms with Gasteiger partial charge in [-0.05, 0) is 31.3 Å². The van der Waals surface area contributed by atoms with Crippen LogP contribution in [0.25, 0.3) is 0 Å². The van der Waals surface area contributed by atoms with Crippen molar-refractivity contribution in [3.63, 3.8) is 0 Å². The number of aliphatic imine (C=N–C) groups is 1. The number of aromatic amines is 1. The summed E-state index contributed by atoms with van der Waals surface area (Å²) in [7, 11) is 0. The van der Waals surface area contributed by atoms with E-state index in [-0.39, 0.29) is 31.8 Å². The van der Waals surface area contributed by atoms with E-state index in [1.807, 2.05) is 0 Å². The lowest BCUT2D eigenvalue weighted by Crippen LogP contribution is -2.58. The third-order valence-electron chi connectivity index (χ3n) is 5.15. The highest BCUT2D eigenvalue weighted by Crippen LogP contribution is 2.06. The molecule has 0 saturated carbocycles. The highest BCUT2D eigenvalue weighted by atomic mass is 32.2. The molecule has 212 valence electrons. The fourth-order valence-electron chi connectivity index (χ4n) is 3.18. The molecule has 0 spiro atoms. The first-order chi connectivity index (χ1) is 17.9. The van der Waals surface area contributed by atoms with Gasteiger partial charge >= 0.3 is 11.9 Å². The Morgan fingerprint density at radius 2 is 1.66 bits per heavy atom. The third kappa shape index (κ3) is 12.4. The minimum Gasteiger partial charge on any atom is -0.481 e. The number of imidazole rings is 1. The van der Waals surface area contributed by atoms with Crippen LogP contribution in [-0.4, -0.2) is 98.5 Å². The van der Waals surface area contributed by atoms with Crippen molar-refractivity contribution < 1.29 is 34.2 Å². The lowest BCUT2D eigenvalue weighted by molar-refractivity contribution is -0.143. The van der Waals surface area contributed by atoms with Crippen molar-refractivity contribution in [2.45, 2.75) is 56.3 Å². The molecule has 16 nitrogen and oxygen atoms in total. The Morgan fingerprint density at radius 1 is 1.03 bits per heavy atom. The Hall–Kier alpha value is -3.86. The van der Waals surface area contributed by atoms with Gasteiger partial charge < -0.3 is 48.3 Å². The average molecular weight is 558 g/mol. The second kappa shape index (κ2) is 16.8. The van der Waals surface area contributed by atoms with Gasteiger partial charge in [0.2, 0.25) is 17.7 Å². The second-order valence-electron chi connectivity index (χ2n) is 8.24. The van der Waals surface area contributed by atoms with Gasteiger partial charge in [-0.2, -0.15) is 11.8 Å². The lowest BCUT2D eigenvalue weighted by atomic mass is 10.1. The molecule has 17 heteroatoms. The van der Waals surface area contributed by atoms with E-state index >= 15 is 0 Å². The van der Waals surface area contributed by atoms with Gasteiger partial charge in [-0.15, -0.1) is 0 Å². The molecule has 3 amide bonds. The summed E-state index contributed by atoms with van der Waals surface area (Å²) in [6.45, 7) is 0.252. The smallest absolute Gasteiger partial charge is 0.326 e. The number of hydrogen-bond donors (Lipinski definition) is 9. The van der Waals surface area contributed by atoms with Crippen molar-refractivity contribution in [3.05, 3.63) is 18.2 Å². The Balaban J connectivity index is 2.98. The molecule has 4 atom stereocenters. The number of amides is 3. The van der Waals surface area contributed by atoms with Crippen molar-refractivity contribution in [2.24, 2.45) is 22.2 Å². The van der Waals surface area contributed by atoms with Crippen LogP contribution < -0.4 is 33.2 Å². The van der Waals surface area contributed by atoms with E-state index in [4.69, 9.17) is 17.2 Å². The summed E-state index contributed by atoms with van der Waals surface area (Å²) < 4.78 is 0. The number of hydrogen-bond acceptors (Lipinski definition) is 9. The molecule has 0 radical (unpaired) electrons.